The molecule has 3 heteroatoms. The fourth-order valence-electron chi connectivity index (χ4n) is 3.62. The van der Waals surface area contributed by atoms with Gasteiger partial charge in [0.05, 0.1) is 6.61 Å². The topological polar surface area (TPSA) is 49.5 Å². The van der Waals surface area contributed by atoms with Crippen molar-refractivity contribution in [2.45, 2.75) is 44.6 Å². The quantitative estimate of drug-likeness (QED) is 0.739. The Morgan fingerprint density at radius 3 is 2.65 bits per heavy atom. The Bertz CT molecular complexity index is 255. The van der Waals surface area contributed by atoms with E-state index < -0.39 is 5.54 Å². The lowest BCUT2D eigenvalue weighted by Crippen LogP contribution is -2.43. The summed E-state index contributed by atoms with van der Waals surface area (Å²) in [6.07, 6.45) is 6.77. The molecular formula is C14H28N2O. The molecule has 2 aliphatic rings. The van der Waals surface area contributed by atoms with Gasteiger partial charge in [0.2, 0.25) is 0 Å². The van der Waals surface area contributed by atoms with Crippen LogP contribution in [0.3, 0.4) is 0 Å². The molecule has 0 amide bonds. The Hall–Kier alpha value is -0.120. The second-order valence-corrected chi connectivity index (χ2v) is 6.76. The minimum absolute atomic E-state index is 0.0783. The predicted molar refractivity (Wildman–Crippen MR) is 70.7 cm³/mol. The molecule has 3 N–H and O–H groups in total. The van der Waals surface area contributed by atoms with Crippen LogP contribution < -0.4 is 5.73 Å². The highest BCUT2D eigenvalue weighted by Gasteiger charge is 2.39. The van der Waals surface area contributed by atoms with Crippen LogP contribution in [0, 0.1) is 17.8 Å². The largest absolute Gasteiger partial charge is 0.394 e. The Labute approximate surface area is 105 Å². The molecule has 0 aromatic rings. The lowest BCUT2D eigenvalue weighted by Gasteiger charge is -2.29. The summed E-state index contributed by atoms with van der Waals surface area (Å²) >= 11 is 0. The number of nitrogens with zero attached hydrogens (tertiary/aromatic N) is 1. The van der Waals surface area contributed by atoms with Crippen molar-refractivity contribution in [2.75, 3.05) is 26.7 Å². The zero-order chi connectivity index (χ0) is 12.5. The van der Waals surface area contributed by atoms with Crippen LogP contribution in [0.2, 0.25) is 0 Å². The number of hydrogen-bond donors (Lipinski definition) is 2. The van der Waals surface area contributed by atoms with Crippen LogP contribution in [0.25, 0.3) is 0 Å². The lowest BCUT2D eigenvalue weighted by molar-refractivity contribution is 0.167. The predicted octanol–water partition coefficient (Wildman–Crippen LogP) is 1.45. The number of nitrogens with two attached hydrogens (primary N) is 1. The maximum absolute atomic E-state index is 9.13. The molecule has 4 atom stereocenters. The van der Waals surface area contributed by atoms with Gasteiger partial charge in [0.25, 0.3) is 0 Å². The van der Waals surface area contributed by atoms with E-state index in [1.807, 2.05) is 6.92 Å². The van der Waals surface area contributed by atoms with Crippen molar-refractivity contribution in [3.63, 3.8) is 0 Å². The molecule has 17 heavy (non-hydrogen) atoms. The van der Waals surface area contributed by atoms with E-state index in [1.165, 1.54) is 32.2 Å². The molecule has 0 heterocycles. The van der Waals surface area contributed by atoms with Gasteiger partial charge in [0, 0.05) is 12.1 Å². The average molecular weight is 240 g/mol. The third-order valence-electron chi connectivity index (χ3n) is 4.86. The summed E-state index contributed by atoms with van der Waals surface area (Å²) in [5, 5.41) is 9.13. The van der Waals surface area contributed by atoms with E-state index in [-0.39, 0.29) is 6.61 Å². The highest BCUT2D eigenvalue weighted by Crippen LogP contribution is 2.48. The van der Waals surface area contributed by atoms with Gasteiger partial charge in [-0.2, -0.15) is 0 Å². The number of hydrogen-bond acceptors (Lipinski definition) is 3. The van der Waals surface area contributed by atoms with Crippen molar-refractivity contribution < 1.29 is 5.11 Å². The number of aliphatic hydroxyl groups is 1. The highest BCUT2D eigenvalue weighted by atomic mass is 16.3. The molecule has 3 nitrogen and oxygen atoms in total. The zero-order valence-corrected chi connectivity index (χ0v) is 11.4. The minimum atomic E-state index is -0.414. The van der Waals surface area contributed by atoms with Gasteiger partial charge in [0.1, 0.15) is 0 Å². The van der Waals surface area contributed by atoms with Crippen LogP contribution in [0.1, 0.15) is 39.0 Å². The molecule has 2 rings (SSSR count). The molecular weight excluding hydrogens is 212 g/mol. The Morgan fingerprint density at radius 2 is 2.12 bits per heavy atom. The fourth-order valence-corrected chi connectivity index (χ4v) is 3.62. The summed E-state index contributed by atoms with van der Waals surface area (Å²) in [6, 6.07) is 0. The van der Waals surface area contributed by atoms with Crippen molar-refractivity contribution in [3.05, 3.63) is 0 Å². The SMILES string of the molecule is CN(CCC(C)(N)CO)CC1CC2CCC1C2. The van der Waals surface area contributed by atoms with E-state index in [1.54, 1.807) is 0 Å². The maximum Gasteiger partial charge on any atom is 0.0608 e. The van der Waals surface area contributed by atoms with E-state index in [2.05, 4.69) is 11.9 Å². The van der Waals surface area contributed by atoms with Gasteiger partial charge in [-0.1, -0.05) is 6.42 Å². The van der Waals surface area contributed by atoms with Gasteiger partial charge in [-0.25, -0.2) is 0 Å². The average Bonchev–Trinajstić information content (AvgIpc) is 2.88. The first kappa shape index (κ1) is 13.3. The van der Waals surface area contributed by atoms with E-state index in [0.717, 1.165) is 30.7 Å². The van der Waals surface area contributed by atoms with Crippen LogP contribution >= 0.6 is 0 Å². The van der Waals surface area contributed by atoms with Gasteiger partial charge in [-0.3, -0.25) is 0 Å². The summed E-state index contributed by atoms with van der Waals surface area (Å²) in [5.74, 6) is 2.97. The summed E-state index contributed by atoms with van der Waals surface area (Å²) in [6.45, 7) is 4.23. The maximum atomic E-state index is 9.13. The first-order valence-electron chi connectivity index (χ1n) is 7.08. The van der Waals surface area contributed by atoms with Crippen LogP contribution in [0.4, 0.5) is 0 Å². The normalized spacial score (nSPS) is 35.5. The van der Waals surface area contributed by atoms with Gasteiger partial charge in [0.15, 0.2) is 0 Å². The second-order valence-electron chi connectivity index (χ2n) is 6.76. The van der Waals surface area contributed by atoms with Crippen molar-refractivity contribution >= 4 is 0 Å². The van der Waals surface area contributed by atoms with E-state index in [4.69, 9.17) is 10.8 Å². The van der Waals surface area contributed by atoms with Gasteiger partial charge < -0.3 is 15.7 Å². The molecule has 2 aliphatic carbocycles. The lowest BCUT2D eigenvalue weighted by atomic mass is 9.88. The molecule has 2 bridgehead atoms. The third kappa shape index (κ3) is 3.43. The Kier molecular flexibility index (Phi) is 4.11. The zero-order valence-electron chi connectivity index (χ0n) is 11.4. The minimum Gasteiger partial charge on any atom is -0.394 e. The molecule has 0 saturated heterocycles. The van der Waals surface area contributed by atoms with E-state index >= 15 is 0 Å². The smallest absolute Gasteiger partial charge is 0.0608 e. The van der Waals surface area contributed by atoms with Crippen LogP contribution in [0.5, 0.6) is 0 Å². The van der Waals surface area contributed by atoms with E-state index in [9.17, 15) is 0 Å². The summed E-state index contributed by atoms with van der Waals surface area (Å²) in [5.41, 5.74) is 5.54. The summed E-state index contributed by atoms with van der Waals surface area (Å²) in [7, 11) is 2.19. The third-order valence-corrected chi connectivity index (χ3v) is 4.86. The van der Waals surface area contributed by atoms with Crippen LogP contribution in [-0.4, -0.2) is 42.3 Å². The first-order valence-corrected chi connectivity index (χ1v) is 7.08. The number of rotatable bonds is 6. The molecule has 0 aromatic heterocycles. The van der Waals surface area contributed by atoms with E-state index in [0.29, 0.717) is 0 Å². The summed E-state index contributed by atoms with van der Waals surface area (Å²) < 4.78 is 0. The molecule has 0 radical (unpaired) electrons. The summed E-state index contributed by atoms with van der Waals surface area (Å²) in [4.78, 5) is 2.41. The standard InChI is InChI=1S/C14H28N2O/c1-14(15,10-17)5-6-16(2)9-13-8-11-3-4-12(13)7-11/h11-13,17H,3-10,15H2,1-2H3. The van der Waals surface area contributed by atoms with Gasteiger partial charge in [-0.05, 0) is 64.0 Å². The molecule has 100 valence electrons. The highest BCUT2D eigenvalue weighted by molar-refractivity contribution is 4.91. The van der Waals surface area contributed by atoms with Crippen molar-refractivity contribution in [1.29, 1.82) is 0 Å². The van der Waals surface area contributed by atoms with Crippen molar-refractivity contribution in [3.8, 4) is 0 Å². The Morgan fingerprint density at radius 1 is 1.35 bits per heavy atom. The molecule has 0 aromatic carbocycles. The molecule has 2 fully saturated rings. The van der Waals surface area contributed by atoms with Crippen LogP contribution in [-0.2, 0) is 0 Å². The van der Waals surface area contributed by atoms with Crippen LogP contribution in [0.15, 0.2) is 0 Å². The fraction of sp³-hybridized carbons (Fsp3) is 1.00. The van der Waals surface area contributed by atoms with Crippen molar-refractivity contribution in [2.24, 2.45) is 23.5 Å². The van der Waals surface area contributed by atoms with Gasteiger partial charge in [-0.15, -0.1) is 0 Å². The number of aliphatic hydroxyl groups excluding tert-OH is 1. The second kappa shape index (κ2) is 5.25. The van der Waals surface area contributed by atoms with Crippen molar-refractivity contribution in [1.82, 2.24) is 4.90 Å². The molecule has 2 saturated carbocycles. The molecule has 0 spiro atoms. The molecule has 4 unspecified atom stereocenters. The Balaban J connectivity index is 1.69. The monoisotopic (exact) mass is 240 g/mol. The number of fused-ring (bicyclic) bond motifs is 2. The first-order chi connectivity index (χ1) is 8.00. The van der Waals surface area contributed by atoms with Gasteiger partial charge >= 0.3 is 0 Å². The molecule has 0 aliphatic heterocycles.